The average molecular weight is 213 g/mol. The third-order valence-corrected chi connectivity index (χ3v) is 1.88. The lowest BCUT2D eigenvalue weighted by Gasteiger charge is -2.02. The molecule has 0 unspecified atom stereocenters. The van der Waals surface area contributed by atoms with Gasteiger partial charge in [-0.1, -0.05) is 11.6 Å². The van der Waals surface area contributed by atoms with Crippen LogP contribution in [0.5, 0.6) is 5.75 Å². The molecular weight excluding hydrogens is 200 g/mol. The Labute approximate surface area is 89.2 Å². The van der Waals surface area contributed by atoms with E-state index in [1.807, 2.05) is 0 Å². The van der Waals surface area contributed by atoms with Crippen LogP contribution in [0.25, 0.3) is 0 Å². The summed E-state index contributed by atoms with van der Waals surface area (Å²) in [7, 11) is 1.55. The second kappa shape index (κ2) is 6.22. The molecule has 0 bridgehead atoms. The lowest BCUT2D eigenvalue weighted by Crippen LogP contribution is -1.94. The molecule has 1 aromatic rings. The number of methoxy groups -OCH3 is 1. The fourth-order valence-corrected chi connectivity index (χ4v) is 1.15. The van der Waals surface area contributed by atoms with E-state index < -0.39 is 0 Å². The van der Waals surface area contributed by atoms with Crippen LogP contribution < -0.4 is 4.74 Å². The molecule has 0 aliphatic heterocycles. The number of rotatable bonds is 2. The Hall–Kier alpha value is -1.28. The van der Waals surface area contributed by atoms with Gasteiger partial charge in [0.1, 0.15) is 5.75 Å². The van der Waals surface area contributed by atoms with Gasteiger partial charge in [0.15, 0.2) is 5.78 Å². The molecule has 0 heterocycles. The highest BCUT2D eigenvalue weighted by Crippen LogP contribution is 2.21. The molecule has 0 radical (unpaired) electrons. The summed E-state index contributed by atoms with van der Waals surface area (Å²) in [6, 6.07) is 5.00. The standard InChI is InChI=1S/C9H9ClO2.C2H4/c1-6(11)8-5-7(12-2)3-4-9(8)10;1-2/h3-5H,1-2H3;1-2H2. The van der Waals surface area contributed by atoms with Crippen LogP contribution in [-0.2, 0) is 0 Å². The Balaban J connectivity index is 0.000000791. The molecule has 0 amide bonds. The van der Waals surface area contributed by atoms with E-state index in [9.17, 15) is 4.79 Å². The first-order valence-corrected chi connectivity index (χ1v) is 4.37. The van der Waals surface area contributed by atoms with Crippen LogP contribution in [0.15, 0.2) is 31.4 Å². The molecule has 3 heteroatoms. The molecule has 0 aliphatic carbocycles. The summed E-state index contributed by atoms with van der Waals surface area (Å²) in [4.78, 5) is 11.0. The fourth-order valence-electron chi connectivity index (χ4n) is 0.901. The number of hydrogen-bond donors (Lipinski definition) is 0. The van der Waals surface area contributed by atoms with E-state index in [1.54, 1.807) is 25.3 Å². The van der Waals surface area contributed by atoms with Crippen LogP contribution in [0, 0.1) is 0 Å². The van der Waals surface area contributed by atoms with Crippen molar-refractivity contribution in [2.75, 3.05) is 7.11 Å². The molecule has 0 N–H and O–H groups in total. The number of carbonyl (C=O) groups is 1. The zero-order valence-electron chi connectivity index (χ0n) is 8.34. The summed E-state index contributed by atoms with van der Waals surface area (Å²) in [5, 5.41) is 0.461. The molecule has 0 aliphatic rings. The summed E-state index contributed by atoms with van der Waals surface area (Å²) in [5.74, 6) is 0.587. The Morgan fingerprint density at radius 1 is 1.43 bits per heavy atom. The molecule has 0 atom stereocenters. The Kier molecular flexibility index (Phi) is 5.65. The molecule has 1 aromatic carbocycles. The van der Waals surface area contributed by atoms with Crippen molar-refractivity contribution in [1.82, 2.24) is 0 Å². The molecule has 76 valence electrons. The van der Waals surface area contributed by atoms with Gasteiger partial charge in [-0.25, -0.2) is 0 Å². The van der Waals surface area contributed by atoms with Crippen molar-refractivity contribution in [2.45, 2.75) is 6.92 Å². The highest BCUT2D eigenvalue weighted by atomic mass is 35.5. The van der Waals surface area contributed by atoms with Gasteiger partial charge in [-0.3, -0.25) is 4.79 Å². The summed E-state index contributed by atoms with van der Waals surface area (Å²) < 4.78 is 4.95. The highest BCUT2D eigenvalue weighted by molar-refractivity contribution is 6.33. The first-order chi connectivity index (χ1) is 6.65. The van der Waals surface area contributed by atoms with E-state index in [2.05, 4.69) is 13.2 Å². The van der Waals surface area contributed by atoms with E-state index in [1.165, 1.54) is 6.92 Å². The molecule has 1 rings (SSSR count). The first kappa shape index (κ1) is 12.7. The monoisotopic (exact) mass is 212 g/mol. The summed E-state index contributed by atoms with van der Waals surface area (Å²) in [6.07, 6.45) is 0. The fraction of sp³-hybridized carbons (Fsp3) is 0.182. The highest BCUT2D eigenvalue weighted by Gasteiger charge is 2.05. The maximum absolute atomic E-state index is 11.0. The van der Waals surface area contributed by atoms with Crippen molar-refractivity contribution < 1.29 is 9.53 Å². The van der Waals surface area contributed by atoms with E-state index in [4.69, 9.17) is 16.3 Å². The third kappa shape index (κ3) is 3.23. The van der Waals surface area contributed by atoms with Gasteiger partial charge >= 0.3 is 0 Å². The number of halogens is 1. The second-order valence-electron chi connectivity index (χ2n) is 2.40. The summed E-state index contributed by atoms with van der Waals surface area (Å²) >= 11 is 5.77. The maximum Gasteiger partial charge on any atom is 0.161 e. The quantitative estimate of drug-likeness (QED) is 0.555. The van der Waals surface area contributed by atoms with Crippen LogP contribution >= 0.6 is 11.6 Å². The van der Waals surface area contributed by atoms with Gasteiger partial charge in [0, 0.05) is 5.56 Å². The van der Waals surface area contributed by atoms with Crippen LogP contribution in [0.3, 0.4) is 0 Å². The first-order valence-electron chi connectivity index (χ1n) is 3.99. The Bertz CT molecular complexity index is 321. The van der Waals surface area contributed by atoms with Gasteiger partial charge < -0.3 is 4.74 Å². The number of benzene rings is 1. The van der Waals surface area contributed by atoms with Gasteiger partial charge in [-0.2, -0.15) is 0 Å². The number of ketones is 1. The van der Waals surface area contributed by atoms with Crippen molar-refractivity contribution in [3.8, 4) is 5.75 Å². The third-order valence-electron chi connectivity index (χ3n) is 1.55. The van der Waals surface area contributed by atoms with Gasteiger partial charge in [0.25, 0.3) is 0 Å². The maximum atomic E-state index is 11.0. The number of hydrogen-bond acceptors (Lipinski definition) is 2. The second-order valence-corrected chi connectivity index (χ2v) is 2.81. The van der Waals surface area contributed by atoms with E-state index in [0.717, 1.165) is 0 Å². The molecule has 0 saturated heterocycles. The summed E-state index contributed by atoms with van der Waals surface area (Å²) in [6.45, 7) is 7.47. The van der Waals surface area contributed by atoms with Crippen LogP contribution in [0.4, 0.5) is 0 Å². The van der Waals surface area contributed by atoms with Crippen molar-refractivity contribution in [1.29, 1.82) is 0 Å². The van der Waals surface area contributed by atoms with Gasteiger partial charge in [0.05, 0.1) is 12.1 Å². The van der Waals surface area contributed by atoms with Crippen LogP contribution in [-0.4, -0.2) is 12.9 Å². The van der Waals surface area contributed by atoms with Crippen molar-refractivity contribution in [3.05, 3.63) is 41.9 Å². The summed E-state index contributed by atoms with van der Waals surface area (Å²) in [5.41, 5.74) is 0.496. The largest absolute Gasteiger partial charge is 0.497 e. The zero-order valence-corrected chi connectivity index (χ0v) is 9.10. The van der Waals surface area contributed by atoms with Crippen LogP contribution in [0.1, 0.15) is 17.3 Å². The van der Waals surface area contributed by atoms with Crippen molar-refractivity contribution >= 4 is 17.4 Å². The lowest BCUT2D eigenvalue weighted by molar-refractivity contribution is 0.101. The molecule has 0 aromatic heterocycles. The van der Waals surface area contributed by atoms with Crippen molar-refractivity contribution in [2.24, 2.45) is 0 Å². The van der Waals surface area contributed by atoms with Gasteiger partial charge in [-0.05, 0) is 25.1 Å². The van der Waals surface area contributed by atoms with E-state index >= 15 is 0 Å². The number of carbonyl (C=O) groups excluding carboxylic acids is 1. The van der Waals surface area contributed by atoms with E-state index in [0.29, 0.717) is 16.3 Å². The van der Waals surface area contributed by atoms with Crippen LogP contribution in [0.2, 0.25) is 5.02 Å². The predicted octanol–water partition coefficient (Wildman–Crippen LogP) is 3.35. The van der Waals surface area contributed by atoms with E-state index in [-0.39, 0.29) is 5.78 Å². The Morgan fingerprint density at radius 3 is 2.43 bits per heavy atom. The van der Waals surface area contributed by atoms with Gasteiger partial charge in [0.2, 0.25) is 0 Å². The zero-order chi connectivity index (χ0) is 11.1. The lowest BCUT2D eigenvalue weighted by atomic mass is 10.1. The minimum Gasteiger partial charge on any atom is -0.497 e. The van der Waals surface area contributed by atoms with Crippen molar-refractivity contribution in [3.63, 3.8) is 0 Å². The molecule has 14 heavy (non-hydrogen) atoms. The Morgan fingerprint density at radius 2 is 2.00 bits per heavy atom. The number of ether oxygens (including phenoxy) is 1. The predicted molar refractivity (Wildman–Crippen MR) is 59.3 cm³/mol. The number of Topliss-reactive ketones (excluding diaryl/α,β-unsaturated/α-hetero) is 1. The minimum atomic E-state index is -0.0566. The molecule has 0 fully saturated rings. The van der Waals surface area contributed by atoms with Gasteiger partial charge in [-0.15, -0.1) is 13.2 Å². The molecule has 2 nitrogen and oxygen atoms in total. The smallest absolute Gasteiger partial charge is 0.161 e. The normalized spacial score (nSPS) is 8.50. The average Bonchev–Trinajstić information content (AvgIpc) is 2.21. The minimum absolute atomic E-state index is 0.0566. The molecule has 0 spiro atoms. The molecular formula is C11H13ClO2. The molecule has 0 saturated carbocycles. The SMILES string of the molecule is C=C.COc1ccc(Cl)c(C(C)=O)c1. The topological polar surface area (TPSA) is 26.3 Å².